The summed E-state index contributed by atoms with van der Waals surface area (Å²) < 4.78 is 6.97. The molecule has 7 nitrogen and oxygen atoms in total. The molecule has 8 heteroatoms. The number of nitrogens with zero attached hydrogens (tertiary/aromatic N) is 6. The smallest absolute Gasteiger partial charge is 0.237 e. The number of aromatic nitrogens is 6. The van der Waals surface area contributed by atoms with Gasteiger partial charge in [0.05, 0.1) is 11.4 Å². The minimum Gasteiger partial charge on any atom is -0.338 e. The van der Waals surface area contributed by atoms with Gasteiger partial charge in [-0.15, -0.1) is 5.10 Å². The van der Waals surface area contributed by atoms with Crippen LogP contribution in [-0.2, 0) is 5.75 Å². The molecule has 3 aromatic rings. The molecule has 2 heterocycles. The lowest BCUT2D eigenvalue weighted by atomic mass is 10.0. The van der Waals surface area contributed by atoms with Crippen LogP contribution in [0.25, 0.3) is 5.69 Å². The monoisotopic (exact) mass is 344 g/mol. The number of hydrogen-bond donors (Lipinski definition) is 0. The molecule has 126 valence electrons. The molecule has 0 N–H and O–H groups in total. The van der Waals surface area contributed by atoms with E-state index >= 15 is 0 Å². The second-order valence-electron chi connectivity index (χ2n) is 6.11. The van der Waals surface area contributed by atoms with Gasteiger partial charge in [-0.25, -0.2) is 0 Å². The molecule has 0 unspecified atom stereocenters. The van der Waals surface area contributed by atoms with Gasteiger partial charge in [0, 0.05) is 5.92 Å². The van der Waals surface area contributed by atoms with Gasteiger partial charge in [0.1, 0.15) is 0 Å². The van der Waals surface area contributed by atoms with Crippen molar-refractivity contribution in [1.29, 1.82) is 0 Å². The molecular weight excluding hydrogens is 324 g/mol. The van der Waals surface area contributed by atoms with E-state index in [0.29, 0.717) is 22.7 Å². The van der Waals surface area contributed by atoms with Gasteiger partial charge < -0.3 is 4.52 Å². The Morgan fingerprint density at radius 1 is 1.08 bits per heavy atom. The van der Waals surface area contributed by atoms with Crippen LogP contribution >= 0.6 is 11.8 Å². The first-order valence-corrected chi connectivity index (χ1v) is 8.87. The van der Waals surface area contributed by atoms with Gasteiger partial charge in [0.2, 0.25) is 11.0 Å². The molecule has 0 amide bonds. The maximum absolute atomic E-state index is 5.25. The highest BCUT2D eigenvalue weighted by Gasteiger charge is 2.14. The maximum atomic E-state index is 5.25. The minimum absolute atomic E-state index is 0.247. The first kappa shape index (κ1) is 16.6. The van der Waals surface area contributed by atoms with Crippen LogP contribution in [0.5, 0.6) is 0 Å². The minimum atomic E-state index is 0.247. The summed E-state index contributed by atoms with van der Waals surface area (Å²) in [5, 5.41) is 16.6. The molecule has 0 saturated heterocycles. The average molecular weight is 344 g/mol. The summed E-state index contributed by atoms with van der Waals surface area (Å²) in [5.74, 6) is 2.57. The fraction of sp³-hybridized carbons (Fsp3) is 0.438. The highest BCUT2D eigenvalue weighted by Crippen LogP contribution is 2.23. The first-order chi connectivity index (χ1) is 11.5. The number of thioether (sulfide) groups is 1. The lowest BCUT2D eigenvalue weighted by molar-refractivity contribution is 0.382. The van der Waals surface area contributed by atoms with Crippen LogP contribution in [0.4, 0.5) is 0 Å². The normalized spacial score (nSPS) is 11.6. The van der Waals surface area contributed by atoms with Gasteiger partial charge in [0.15, 0.2) is 5.82 Å². The Balaban J connectivity index is 1.72. The van der Waals surface area contributed by atoms with Gasteiger partial charge in [-0.3, -0.25) is 0 Å². The van der Waals surface area contributed by atoms with E-state index in [9.17, 15) is 0 Å². The molecule has 0 spiro atoms. The summed E-state index contributed by atoms with van der Waals surface area (Å²) in [6.07, 6.45) is 0. The van der Waals surface area contributed by atoms with E-state index in [1.165, 1.54) is 17.3 Å². The van der Waals surface area contributed by atoms with Crippen LogP contribution in [0.15, 0.2) is 33.9 Å². The van der Waals surface area contributed by atoms with Gasteiger partial charge >= 0.3 is 0 Å². The summed E-state index contributed by atoms with van der Waals surface area (Å²) in [6.45, 7) is 8.40. The number of benzene rings is 1. The molecule has 0 aliphatic heterocycles. The highest BCUT2D eigenvalue weighted by molar-refractivity contribution is 7.98. The van der Waals surface area contributed by atoms with Crippen molar-refractivity contribution in [3.8, 4) is 5.69 Å². The summed E-state index contributed by atoms with van der Waals surface area (Å²) in [7, 11) is 0. The van der Waals surface area contributed by atoms with E-state index in [0.717, 1.165) is 11.5 Å². The third kappa shape index (κ3) is 3.64. The van der Waals surface area contributed by atoms with Crippen LogP contribution in [0.2, 0.25) is 0 Å². The molecular formula is C16H20N6OS. The Labute approximate surface area is 144 Å². The zero-order valence-electron chi connectivity index (χ0n) is 14.2. The van der Waals surface area contributed by atoms with Crippen molar-refractivity contribution < 1.29 is 4.52 Å². The van der Waals surface area contributed by atoms with E-state index < -0.39 is 0 Å². The first-order valence-electron chi connectivity index (χ1n) is 7.88. The summed E-state index contributed by atoms with van der Waals surface area (Å²) in [6, 6.07) is 8.25. The summed E-state index contributed by atoms with van der Waals surface area (Å²) >= 11 is 1.47. The third-order valence-electron chi connectivity index (χ3n) is 3.57. The van der Waals surface area contributed by atoms with Crippen molar-refractivity contribution in [2.24, 2.45) is 0 Å². The van der Waals surface area contributed by atoms with E-state index in [4.69, 9.17) is 4.52 Å². The van der Waals surface area contributed by atoms with Crippen molar-refractivity contribution in [2.75, 3.05) is 0 Å². The van der Waals surface area contributed by atoms with E-state index in [1.807, 2.05) is 26.0 Å². The van der Waals surface area contributed by atoms with Crippen molar-refractivity contribution in [1.82, 2.24) is 30.3 Å². The van der Waals surface area contributed by atoms with Crippen LogP contribution < -0.4 is 0 Å². The molecule has 3 rings (SSSR count). The van der Waals surface area contributed by atoms with E-state index in [1.54, 1.807) is 4.68 Å². The van der Waals surface area contributed by atoms with E-state index in [-0.39, 0.29) is 5.92 Å². The topological polar surface area (TPSA) is 82.5 Å². The zero-order chi connectivity index (χ0) is 17.1. The lowest BCUT2D eigenvalue weighted by Crippen LogP contribution is -2.00. The SMILES string of the molecule is CC(C)c1ccc(-n2nnnc2SCc2nc(C(C)C)no2)cc1. The fourth-order valence-corrected chi connectivity index (χ4v) is 2.85. The zero-order valence-corrected chi connectivity index (χ0v) is 15.0. The highest BCUT2D eigenvalue weighted by atomic mass is 32.2. The quantitative estimate of drug-likeness (QED) is 0.632. The molecule has 0 aliphatic carbocycles. The molecule has 0 radical (unpaired) electrons. The van der Waals surface area contributed by atoms with Gasteiger partial charge in [-0.2, -0.15) is 9.67 Å². The molecule has 0 bridgehead atoms. The van der Waals surface area contributed by atoms with Crippen LogP contribution in [0.1, 0.15) is 56.8 Å². The average Bonchev–Trinajstić information content (AvgIpc) is 3.22. The molecule has 24 heavy (non-hydrogen) atoms. The molecule has 0 aliphatic rings. The van der Waals surface area contributed by atoms with E-state index in [2.05, 4.69) is 51.6 Å². The summed E-state index contributed by atoms with van der Waals surface area (Å²) in [4.78, 5) is 4.37. The largest absolute Gasteiger partial charge is 0.338 e. The standard InChI is InChI=1S/C16H20N6OS/c1-10(2)12-5-7-13(8-6-12)22-16(18-20-21-22)24-9-14-17-15(11(3)4)19-23-14/h5-8,10-11H,9H2,1-4H3. The predicted octanol–water partition coefficient (Wildman–Crippen LogP) is 3.58. The second-order valence-corrected chi connectivity index (χ2v) is 7.05. The molecule has 2 aromatic heterocycles. The Morgan fingerprint density at radius 2 is 1.83 bits per heavy atom. The molecule has 0 saturated carbocycles. The van der Waals surface area contributed by atoms with Crippen molar-refractivity contribution in [3.63, 3.8) is 0 Å². The Morgan fingerprint density at radius 3 is 2.46 bits per heavy atom. The number of hydrogen-bond acceptors (Lipinski definition) is 7. The molecule has 1 aromatic carbocycles. The Kier molecular flexibility index (Phi) is 4.94. The number of rotatable bonds is 6. The van der Waals surface area contributed by atoms with Crippen molar-refractivity contribution in [3.05, 3.63) is 41.5 Å². The maximum Gasteiger partial charge on any atom is 0.237 e. The Bertz CT molecular complexity index is 793. The van der Waals surface area contributed by atoms with Crippen molar-refractivity contribution in [2.45, 2.75) is 50.4 Å². The van der Waals surface area contributed by atoms with Crippen molar-refractivity contribution >= 4 is 11.8 Å². The second kappa shape index (κ2) is 7.12. The lowest BCUT2D eigenvalue weighted by Gasteiger charge is -2.07. The fourth-order valence-electron chi connectivity index (χ4n) is 2.12. The van der Waals surface area contributed by atoms with Crippen LogP contribution in [0, 0.1) is 0 Å². The third-order valence-corrected chi connectivity index (χ3v) is 4.47. The van der Waals surface area contributed by atoms with Crippen LogP contribution in [0.3, 0.4) is 0 Å². The summed E-state index contributed by atoms with van der Waals surface area (Å²) in [5.41, 5.74) is 2.22. The molecule has 0 atom stereocenters. The number of tetrazole rings is 1. The molecule has 0 fully saturated rings. The Hall–Kier alpha value is -2.22. The predicted molar refractivity (Wildman–Crippen MR) is 91.2 cm³/mol. The van der Waals surface area contributed by atoms with Gasteiger partial charge in [0.25, 0.3) is 0 Å². The van der Waals surface area contributed by atoms with Crippen LogP contribution in [-0.4, -0.2) is 30.3 Å². The van der Waals surface area contributed by atoms with Gasteiger partial charge in [-0.05, 0) is 34.0 Å². The van der Waals surface area contributed by atoms with Gasteiger partial charge in [-0.1, -0.05) is 56.7 Å².